The number of nitrogens with zero attached hydrogens (tertiary/aromatic N) is 4. The molecule has 0 aliphatic carbocycles. The normalized spacial score (nSPS) is 15.4. The molecule has 16 nitrogen and oxygen atoms in total. The highest BCUT2D eigenvalue weighted by Crippen LogP contribution is 2.29. The van der Waals surface area contributed by atoms with Crippen LogP contribution >= 0.6 is 0 Å². The van der Waals surface area contributed by atoms with Crippen molar-refractivity contribution in [2.45, 2.75) is 125 Å². The van der Waals surface area contributed by atoms with E-state index in [2.05, 4.69) is 25.9 Å². The Balaban J connectivity index is 1.43. The van der Waals surface area contributed by atoms with Gasteiger partial charge in [0.1, 0.15) is 28.2 Å². The summed E-state index contributed by atoms with van der Waals surface area (Å²) >= 11 is 0. The number of carbonyl (C=O) groups excluding carboxylic acids is 5. The number of hydrogen-bond acceptors (Lipinski definition) is 9. The van der Waals surface area contributed by atoms with Crippen LogP contribution in [0, 0.1) is 12.7 Å². The number of nitrogens with one attached hydrogen (secondary N) is 3. The number of guanidine groups is 2. The topological polar surface area (TPSA) is 190 Å². The molecule has 3 N–H and O–H groups in total. The van der Waals surface area contributed by atoms with Gasteiger partial charge in [-0.15, -0.1) is 9.98 Å². The summed E-state index contributed by atoms with van der Waals surface area (Å²) in [6, 6.07) is 9.81. The van der Waals surface area contributed by atoms with Crippen LogP contribution in [0.3, 0.4) is 0 Å². The van der Waals surface area contributed by atoms with Crippen molar-refractivity contribution >= 4 is 59.0 Å². The lowest BCUT2D eigenvalue weighted by molar-refractivity contribution is 0.0536. The fourth-order valence-corrected chi connectivity index (χ4v) is 6.32. The van der Waals surface area contributed by atoms with Gasteiger partial charge in [-0.1, -0.05) is 18.2 Å². The minimum atomic E-state index is -0.886. The molecule has 2 aromatic rings. The Morgan fingerprint density at radius 1 is 0.603 bits per heavy atom. The van der Waals surface area contributed by atoms with E-state index in [0.717, 1.165) is 16.7 Å². The molecule has 4 rings (SSSR count). The second kappa shape index (κ2) is 19.8. The van der Waals surface area contributed by atoms with Gasteiger partial charge in [-0.25, -0.2) is 23.6 Å². The maximum atomic E-state index is 15.6. The summed E-state index contributed by atoms with van der Waals surface area (Å²) in [5.41, 5.74) is 1.33. The van der Waals surface area contributed by atoms with E-state index in [9.17, 15) is 24.0 Å². The van der Waals surface area contributed by atoms with Crippen molar-refractivity contribution in [1.82, 2.24) is 20.4 Å². The number of halogens is 1. The van der Waals surface area contributed by atoms with Crippen LogP contribution in [0.5, 0.6) is 0 Å². The van der Waals surface area contributed by atoms with Gasteiger partial charge in [0, 0.05) is 43.0 Å². The first kappa shape index (κ1) is 49.4. The first-order valence-corrected chi connectivity index (χ1v) is 20.8. The predicted molar refractivity (Wildman–Crippen MR) is 240 cm³/mol. The van der Waals surface area contributed by atoms with Gasteiger partial charge < -0.3 is 34.1 Å². The SMILES string of the molecule is Cc1cc(C(=O)Nc2ccc(C3=CCN(/C(=N\C(=O)OC(C)(C)C)NC(=O)OC(C)(C)C)CC3)c(F)c2)ccc1C1=CCN(/C(=N\C(=O)OC(C)(C)C)NC(=O)OC(C)(C)C)CC1. The lowest BCUT2D eigenvalue weighted by Gasteiger charge is -2.30. The fourth-order valence-electron chi connectivity index (χ4n) is 6.32. The number of rotatable bonds is 4. The number of aryl methyl sites for hydroxylation is 1. The van der Waals surface area contributed by atoms with Crippen molar-refractivity contribution in [3.63, 3.8) is 0 Å². The quantitative estimate of drug-likeness (QED) is 0.151. The molecule has 0 radical (unpaired) electrons. The van der Waals surface area contributed by atoms with Gasteiger partial charge in [0.05, 0.1) is 0 Å². The number of carbonyl (C=O) groups is 5. The molecule has 2 aliphatic rings. The van der Waals surface area contributed by atoms with Crippen molar-refractivity contribution in [3.05, 3.63) is 76.6 Å². The summed E-state index contributed by atoms with van der Waals surface area (Å²) in [5.74, 6) is -0.997. The monoisotopic (exact) mass is 875 g/mol. The Hall–Kier alpha value is -6.26. The van der Waals surface area contributed by atoms with Crippen molar-refractivity contribution in [2.24, 2.45) is 9.98 Å². The maximum absolute atomic E-state index is 15.6. The lowest BCUT2D eigenvalue weighted by atomic mass is 9.94. The predicted octanol–water partition coefficient (Wildman–Crippen LogP) is 9.20. The van der Waals surface area contributed by atoms with Crippen molar-refractivity contribution in [3.8, 4) is 0 Å². The zero-order valence-corrected chi connectivity index (χ0v) is 38.7. The molecule has 0 saturated carbocycles. The van der Waals surface area contributed by atoms with Crippen molar-refractivity contribution in [1.29, 1.82) is 0 Å². The Bertz CT molecular complexity index is 2200. The number of benzene rings is 2. The van der Waals surface area contributed by atoms with Crippen molar-refractivity contribution < 1.29 is 47.3 Å². The lowest BCUT2D eigenvalue weighted by Crippen LogP contribution is -2.48. The Morgan fingerprint density at radius 2 is 1.03 bits per heavy atom. The third kappa shape index (κ3) is 16.2. The molecule has 0 atom stereocenters. The molecule has 0 saturated heterocycles. The molecule has 2 aliphatic heterocycles. The van der Waals surface area contributed by atoms with Gasteiger partial charge in [-0.2, -0.15) is 0 Å². The zero-order chi connectivity index (χ0) is 47.1. The fraction of sp³-hybridized carbons (Fsp3) is 0.500. The van der Waals surface area contributed by atoms with Crippen LogP contribution in [-0.4, -0.2) is 101 Å². The molecule has 2 heterocycles. The van der Waals surface area contributed by atoms with Crippen LogP contribution in [0.4, 0.5) is 29.3 Å². The molecule has 0 bridgehead atoms. The second-order valence-electron chi connectivity index (χ2n) is 19.1. The number of amides is 5. The Morgan fingerprint density at radius 3 is 1.41 bits per heavy atom. The van der Waals surface area contributed by atoms with E-state index < -0.39 is 58.5 Å². The molecule has 342 valence electrons. The third-order valence-electron chi connectivity index (χ3n) is 8.83. The molecule has 63 heavy (non-hydrogen) atoms. The zero-order valence-electron chi connectivity index (χ0n) is 38.7. The standard InChI is InChI=1S/C46H62FN7O9/c1-28-26-31(14-16-33(28)29-18-22-53(23-19-29)37(49-39(56)60-43(2,3)4)50-40(57)61-44(5,6)7)36(55)48-32-15-17-34(35(47)27-32)30-20-24-54(25-21-30)38(51-41(58)62-45(8,9)10)52-42(59)63-46(11,12)13/h14-18,20,26-27H,19,21-25H2,1-13H3,(H,48,55)(H,49,50,56,57)(H,51,52,58,59). The molecule has 0 aromatic heterocycles. The molecule has 0 fully saturated rings. The number of anilines is 1. The molecule has 2 aromatic carbocycles. The minimum absolute atomic E-state index is 0.00881. The highest BCUT2D eigenvalue weighted by molar-refractivity contribution is 6.05. The van der Waals surface area contributed by atoms with Crippen LogP contribution in [-0.2, 0) is 18.9 Å². The third-order valence-corrected chi connectivity index (χ3v) is 8.83. The van der Waals surface area contributed by atoms with E-state index in [1.54, 1.807) is 123 Å². The first-order chi connectivity index (χ1) is 29.0. The number of aliphatic imine (C=N–C) groups is 2. The van der Waals surface area contributed by atoms with Crippen LogP contribution < -0.4 is 16.0 Å². The van der Waals surface area contributed by atoms with Gasteiger partial charge in [0.15, 0.2) is 0 Å². The largest absolute Gasteiger partial charge is 0.444 e. The van der Waals surface area contributed by atoms with E-state index in [0.29, 0.717) is 49.2 Å². The van der Waals surface area contributed by atoms with E-state index in [1.807, 2.05) is 19.1 Å². The Labute approximate surface area is 369 Å². The summed E-state index contributed by atoms with van der Waals surface area (Å²) in [6.07, 6.45) is 1.36. The van der Waals surface area contributed by atoms with Crippen LogP contribution in [0.25, 0.3) is 11.1 Å². The average Bonchev–Trinajstić information content (AvgIpc) is 3.11. The average molecular weight is 876 g/mol. The molecule has 5 amide bonds. The van der Waals surface area contributed by atoms with E-state index in [-0.39, 0.29) is 24.2 Å². The summed E-state index contributed by atoms with van der Waals surface area (Å²) in [7, 11) is 0. The van der Waals surface area contributed by atoms with Gasteiger partial charge in [0.2, 0.25) is 11.9 Å². The molecule has 0 unspecified atom stereocenters. The highest BCUT2D eigenvalue weighted by atomic mass is 19.1. The first-order valence-electron chi connectivity index (χ1n) is 20.8. The second-order valence-corrected chi connectivity index (χ2v) is 19.1. The summed E-state index contributed by atoms with van der Waals surface area (Å²) in [6.45, 7) is 23.7. The van der Waals surface area contributed by atoms with Crippen LogP contribution in [0.1, 0.15) is 123 Å². The summed E-state index contributed by atoms with van der Waals surface area (Å²) in [5, 5.41) is 7.93. The van der Waals surface area contributed by atoms with Crippen molar-refractivity contribution in [2.75, 3.05) is 31.5 Å². The van der Waals surface area contributed by atoms with E-state index >= 15 is 4.39 Å². The van der Waals surface area contributed by atoms with Gasteiger partial charge in [-0.3, -0.25) is 15.4 Å². The smallest absolute Gasteiger partial charge is 0.437 e. The molecular formula is C46H62FN7O9. The van der Waals surface area contributed by atoms with E-state index in [1.165, 1.54) is 6.07 Å². The number of ether oxygens (including phenoxy) is 4. The molecule has 0 spiro atoms. The van der Waals surface area contributed by atoms with Gasteiger partial charge in [-0.05, 0) is 155 Å². The number of alkyl carbamates (subject to hydrolysis) is 2. The summed E-state index contributed by atoms with van der Waals surface area (Å²) < 4.78 is 37.1. The summed E-state index contributed by atoms with van der Waals surface area (Å²) in [4.78, 5) is 75.3. The van der Waals surface area contributed by atoms with Gasteiger partial charge >= 0.3 is 24.4 Å². The Kier molecular flexibility index (Phi) is 15.6. The minimum Gasteiger partial charge on any atom is -0.444 e. The van der Waals surface area contributed by atoms with Gasteiger partial charge in [0.25, 0.3) is 5.91 Å². The number of hydrogen-bond donors (Lipinski definition) is 3. The highest BCUT2D eigenvalue weighted by Gasteiger charge is 2.27. The molecular weight excluding hydrogens is 814 g/mol. The maximum Gasteiger partial charge on any atom is 0.437 e. The van der Waals surface area contributed by atoms with Crippen LogP contribution in [0.15, 0.2) is 58.5 Å². The van der Waals surface area contributed by atoms with E-state index in [4.69, 9.17) is 18.9 Å². The van der Waals surface area contributed by atoms with Crippen LogP contribution in [0.2, 0.25) is 0 Å². The molecule has 17 heteroatoms.